The average Bonchev–Trinajstić information content (AvgIpc) is 3.17. The first kappa shape index (κ1) is 23.8. The van der Waals surface area contributed by atoms with Crippen molar-refractivity contribution in [3.05, 3.63) is 41.4 Å². The van der Waals surface area contributed by atoms with Gasteiger partial charge < -0.3 is 15.4 Å². The quantitative estimate of drug-likeness (QED) is 0.486. The van der Waals surface area contributed by atoms with E-state index >= 15 is 0 Å². The van der Waals surface area contributed by atoms with Crippen molar-refractivity contribution in [2.75, 3.05) is 32.1 Å². The largest absolute Gasteiger partial charge is 0.495 e. The van der Waals surface area contributed by atoms with E-state index in [4.69, 9.17) is 16.3 Å². The molecule has 0 aliphatic rings. The molecule has 3 aromatic rings. The molecule has 172 valence electrons. The number of urea groups is 1. The number of ether oxygens (including phenoxy) is 1. The average molecular weight is 481 g/mol. The minimum absolute atomic E-state index is 0.175. The maximum absolute atomic E-state index is 12.7. The second-order valence-corrected chi connectivity index (χ2v) is 9.15. The first-order valence-electron chi connectivity index (χ1n) is 10.0. The fraction of sp³-hybridized carbons (Fsp3) is 0.350. The summed E-state index contributed by atoms with van der Waals surface area (Å²) in [5, 5.41) is 14.0. The SMILES string of the molecule is CCN(CC)S(=O)(=O)c1ccc2c(c1)nnn2CCNC(=O)Nc1cc(Cl)ccc1OC. The van der Waals surface area contributed by atoms with Crippen LogP contribution in [0.25, 0.3) is 11.0 Å². The molecule has 0 bridgehead atoms. The summed E-state index contributed by atoms with van der Waals surface area (Å²) in [7, 11) is -2.08. The molecule has 2 aromatic carbocycles. The van der Waals surface area contributed by atoms with Crippen LogP contribution in [0, 0.1) is 0 Å². The summed E-state index contributed by atoms with van der Waals surface area (Å²) in [6.07, 6.45) is 0. The first-order chi connectivity index (χ1) is 15.3. The number of hydrogen-bond donors (Lipinski definition) is 2. The molecule has 0 spiro atoms. The number of carbonyl (C=O) groups excluding carboxylic acids is 1. The van der Waals surface area contributed by atoms with Gasteiger partial charge in [-0.15, -0.1) is 5.10 Å². The van der Waals surface area contributed by atoms with Gasteiger partial charge in [-0.1, -0.05) is 30.7 Å². The molecule has 0 unspecified atom stereocenters. The van der Waals surface area contributed by atoms with Gasteiger partial charge in [0.1, 0.15) is 11.3 Å². The van der Waals surface area contributed by atoms with Crippen LogP contribution in [0.15, 0.2) is 41.3 Å². The van der Waals surface area contributed by atoms with E-state index in [0.717, 1.165) is 0 Å². The van der Waals surface area contributed by atoms with E-state index in [1.54, 1.807) is 48.9 Å². The molecule has 2 N–H and O–H groups in total. The van der Waals surface area contributed by atoms with Gasteiger partial charge in [0, 0.05) is 24.7 Å². The lowest BCUT2D eigenvalue weighted by Crippen LogP contribution is -2.31. The highest BCUT2D eigenvalue weighted by Crippen LogP contribution is 2.27. The molecule has 0 aliphatic heterocycles. The van der Waals surface area contributed by atoms with Crippen LogP contribution in [-0.4, -0.2) is 60.5 Å². The summed E-state index contributed by atoms with van der Waals surface area (Å²) in [6, 6.07) is 9.21. The maximum atomic E-state index is 12.7. The molecule has 0 saturated heterocycles. The van der Waals surface area contributed by atoms with Crippen molar-refractivity contribution < 1.29 is 17.9 Å². The van der Waals surface area contributed by atoms with Crippen LogP contribution < -0.4 is 15.4 Å². The van der Waals surface area contributed by atoms with Gasteiger partial charge in [-0.25, -0.2) is 17.9 Å². The van der Waals surface area contributed by atoms with Gasteiger partial charge in [0.2, 0.25) is 10.0 Å². The monoisotopic (exact) mass is 480 g/mol. The third kappa shape index (κ3) is 5.12. The van der Waals surface area contributed by atoms with Crippen molar-refractivity contribution in [2.45, 2.75) is 25.3 Å². The van der Waals surface area contributed by atoms with Gasteiger partial charge in [0.05, 0.1) is 29.8 Å². The minimum atomic E-state index is -3.58. The fourth-order valence-electron chi connectivity index (χ4n) is 3.21. The number of nitrogens with zero attached hydrogens (tertiary/aromatic N) is 4. The topological polar surface area (TPSA) is 118 Å². The Labute approximate surface area is 191 Å². The summed E-state index contributed by atoms with van der Waals surface area (Å²) in [6.45, 7) is 4.98. The second kappa shape index (κ2) is 10.2. The van der Waals surface area contributed by atoms with Gasteiger partial charge in [-0.2, -0.15) is 4.31 Å². The van der Waals surface area contributed by atoms with Gasteiger partial charge in [0.25, 0.3) is 0 Å². The van der Waals surface area contributed by atoms with Crippen molar-refractivity contribution in [3.63, 3.8) is 0 Å². The van der Waals surface area contributed by atoms with E-state index in [2.05, 4.69) is 20.9 Å². The molecule has 0 fully saturated rings. The third-order valence-electron chi connectivity index (χ3n) is 4.85. The number of methoxy groups -OCH3 is 1. The van der Waals surface area contributed by atoms with Gasteiger partial charge >= 0.3 is 6.03 Å². The summed E-state index contributed by atoms with van der Waals surface area (Å²) in [5.41, 5.74) is 1.58. The number of amides is 2. The number of benzene rings is 2. The summed E-state index contributed by atoms with van der Waals surface area (Å²) in [5.74, 6) is 0.488. The zero-order valence-electron chi connectivity index (χ0n) is 18.0. The molecule has 0 aliphatic carbocycles. The first-order valence-corrected chi connectivity index (χ1v) is 11.8. The number of hydrogen-bond acceptors (Lipinski definition) is 6. The molecule has 0 radical (unpaired) electrons. The molecule has 3 rings (SSSR count). The van der Waals surface area contributed by atoms with Crippen LogP contribution in [0.4, 0.5) is 10.5 Å². The lowest BCUT2D eigenvalue weighted by Gasteiger charge is -2.18. The second-order valence-electron chi connectivity index (χ2n) is 6.78. The van der Waals surface area contributed by atoms with E-state index in [9.17, 15) is 13.2 Å². The van der Waals surface area contributed by atoms with Crippen molar-refractivity contribution >= 4 is 44.4 Å². The lowest BCUT2D eigenvalue weighted by molar-refractivity contribution is 0.251. The van der Waals surface area contributed by atoms with Crippen LogP contribution >= 0.6 is 11.6 Å². The Morgan fingerprint density at radius 1 is 1.19 bits per heavy atom. The summed E-state index contributed by atoms with van der Waals surface area (Å²) >= 11 is 5.97. The highest BCUT2D eigenvalue weighted by molar-refractivity contribution is 7.89. The molecule has 1 heterocycles. The maximum Gasteiger partial charge on any atom is 0.319 e. The Kier molecular flexibility index (Phi) is 7.54. The Hall–Kier alpha value is -2.89. The van der Waals surface area contributed by atoms with Crippen LogP contribution in [0.1, 0.15) is 13.8 Å². The number of rotatable bonds is 9. The number of fused-ring (bicyclic) bond motifs is 1. The lowest BCUT2D eigenvalue weighted by atomic mass is 10.3. The van der Waals surface area contributed by atoms with Gasteiger partial charge in [-0.3, -0.25) is 0 Å². The number of halogens is 1. The molecule has 12 heteroatoms. The highest BCUT2D eigenvalue weighted by atomic mass is 35.5. The van der Waals surface area contributed by atoms with Crippen molar-refractivity contribution in [1.29, 1.82) is 0 Å². The van der Waals surface area contributed by atoms with E-state index in [-0.39, 0.29) is 11.4 Å². The minimum Gasteiger partial charge on any atom is -0.495 e. The number of aromatic nitrogens is 3. The fourth-order valence-corrected chi connectivity index (χ4v) is 4.86. The van der Waals surface area contributed by atoms with E-state index in [1.807, 2.05) is 0 Å². The summed E-state index contributed by atoms with van der Waals surface area (Å²) in [4.78, 5) is 12.4. The summed E-state index contributed by atoms with van der Waals surface area (Å²) < 4.78 is 33.6. The Morgan fingerprint density at radius 2 is 1.94 bits per heavy atom. The van der Waals surface area contributed by atoms with E-state index in [0.29, 0.717) is 47.1 Å². The van der Waals surface area contributed by atoms with Crippen LogP contribution in [0.5, 0.6) is 5.75 Å². The standard InChI is InChI=1S/C20H25ClN6O4S/c1-4-26(5-2)32(29,30)15-7-8-18-16(13-15)24-25-27(18)11-10-22-20(28)23-17-12-14(21)6-9-19(17)31-3/h6-9,12-13H,4-5,10-11H2,1-3H3,(H2,22,23,28). The molecule has 32 heavy (non-hydrogen) atoms. The Morgan fingerprint density at radius 3 is 2.62 bits per heavy atom. The zero-order chi connectivity index (χ0) is 23.3. The predicted molar refractivity (Wildman–Crippen MR) is 123 cm³/mol. The number of nitrogens with one attached hydrogen (secondary N) is 2. The van der Waals surface area contributed by atoms with Crippen molar-refractivity contribution in [3.8, 4) is 5.75 Å². The molecule has 0 atom stereocenters. The molecule has 0 saturated carbocycles. The van der Waals surface area contributed by atoms with Gasteiger partial charge in [0.15, 0.2) is 0 Å². The van der Waals surface area contributed by atoms with Crippen LogP contribution in [0.3, 0.4) is 0 Å². The normalized spacial score (nSPS) is 11.7. The molecular formula is C20H25ClN6O4S. The Balaban J connectivity index is 1.65. The smallest absolute Gasteiger partial charge is 0.319 e. The molecule has 10 nitrogen and oxygen atoms in total. The molecular weight excluding hydrogens is 456 g/mol. The predicted octanol–water partition coefficient (Wildman–Crippen LogP) is 2.95. The molecule has 1 aromatic heterocycles. The van der Waals surface area contributed by atoms with Crippen molar-refractivity contribution in [1.82, 2.24) is 24.6 Å². The van der Waals surface area contributed by atoms with E-state index in [1.165, 1.54) is 17.5 Å². The third-order valence-corrected chi connectivity index (χ3v) is 7.13. The molecule has 2 amide bonds. The van der Waals surface area contributed by atoms with Crippen LogP contribution in [0.2, 0.25) is 5.02 Å². The van der Waals surface area contributed by atoms with Gasteiger partial charge in [-0.05, 0) is 36.4 Å². The Bertz CT molecular complexity index is 1210. The highest BCUT2D eigenvalue weighted by Gasteiger charge is 2.22. The zero-order valence-corrected chi connectivity index (χ0v) is 19.6. The number of sulfonamides is 1. The van der Waals surface area contributed by atoms with Crippen molar-refractivity contribution in [2.24, 2.45) is 0 Å². The van der Waals surface area contributed by atoms with E-state index < -0.39 is 16.1 Å². The van der Waals surface area contributed by atoms with Crippen LogP contribution in [-0.2, 0) is 16.6 Å². The number of anilines is 1. The number of carbonyl (C=O) groups is 1.